The summed E-state index contributed by atoms with van der Waals surface area (Å²) in [6.07, 6.45) is 1.64. The number of nitrogens with one attached hydrogen (secondary N) is 3. The highest BCUT2D eigenvalue weighted by Gasteiger charge is 2.12. The minimum atomic E-state index is -0.318. The smallest absolute Gasteiger partial charge is 0.253 e. The number of carbonyl (C=O) groups excluding carboxylic acids is 2. The van der Waals surface area contributed by atoms with E-state index in [1.165, 1.54) is 0 Å². The van der Waals surface area contributed by atoms with Gasteiger partial charge in [0.25, 0.3) is 5.91 Å². The molecule has 0 saturated carbocycles. The number of H-pyrrole nitrogens is 1. The van der Waals surface area contributed by atoms with Crippen molar-refractivity contribution >= 4 is 22.7 Å². The number of methoxy groups -OCH3 is 1. The second-order valence-corrected chi connectivity index (χ2v) is 4.17. The van der Waals surface area contributed by atoms with Crippen molar-refractivity contribution in [3.63, 3.8) is 0 Å². The third-order valence-electron chi connectivity index (χ3n) is 2.76. The molecule has 0 unspecified atom stereocenters. The average Bonchev–Trinajstić information content (AvgIpc) is 2.93. The largest absolute Gasteiger partial charge is 0.383 e. The molecule has 0 aliphatic rings. The first-order valence-corrected chi connectivity index (χ1v) is 6.18. The van der Waals surface area contributed by atoms with Gasteiger partial charge in [-0.3, -0.25) is 14.7 Å². The van der Waals surface area contributed by atoms with Gasteiger partial charge in [-0.15, -0.1) is 0 Å². The van der Waals surface area contributed by atoms with Crippen molar-refractivity contribution in [2.24, 2.45) is 0 Å². The number of nitrogens with zero attached hydrogens (tertiary/aromatic N) is 1. The van der Waals surface area contributed by atoms with E-state index in [1.54, 1.807) is 25.4 Å². The van der Waals surface area contributed by atoms with Crippen molar-refractivity contribution in [3.8, 4) is 0 Å². The van der Waals surface area contributed by atoms with E-state index < -0.39 is 0 Å². The van der Waals surface area contributed by atoms with Crippen molar-refractivity contribution in [1.82, 2.24) is 20.8 Å². The van der Waals surface area contributed by atoms with Crippen LogP contribution in [-0.4, -0.2) is 48.8 Å². The minimum Gasteiger partial charge on any atom is -0.383 e. The van der Waals surface area contributed by atoms with E-state index in [4.69, 9.17) is 4.74 Å². The number of para-hydroxylation sites is 1. The molecule has 2 rings (SSSR count). The van der Waals surface area contributed by atoms with Gasteiger partial charge in [0, 0.05) is 19.0 Å². The van der Waals surface area contributed by atoms with Gasteiger partial charge in [0.2, 0.25) is 5.91 Å². The van der Waals surface area contributed by atoms with Crippen LogP contribution in [0.5, 0.6) is 0 Å². The van der Waals surface area contributed by atoms with Gasteiger partial charge >= 0.3 is 0 Å². The normalized spacial score (nSPS) is 10.4. The monoisotopic (exact) mass is 276 g/mol. The number of ether oxygens (including phenoxy) is 1. The Kier molecular flexibility index (Phi) is 4.67. The van der Waals surface area contributed by atoms with Crippen LogP contribution in [0.15, 0.2) is 24.4 Å². The summed E-state index contributed by atoms with van der Waals surface area (Å²) >= 11 is 0. The van der Waals surface area contributed by atoms with Gasteiger partial charge in [0.1, 0.15) is 0 Å². The Bertz CT molecular complexity index is 608. The lowest BCUT2D eigenvalue weighted by Crippen LogP contribution is -2.38. The van der Waals surface area contributed by atoms with Gasteiger partial charge in [-0.05, 0) is 6.07 Å². The molecule has 2 amide bonds. The van der Waals surface area contributed by atoms with Crippen LogP contribution in [0.2, 0.25) is 0 Å². The predicted octanol–water partition coefficient (Wildman–Crippen LogP) is 0.0553. The molecule has 0 fully saturated rings. The first kappa shape index (κ1) is 14.0. The molecule has 0 radical (unpaired) electrons. The van der Waals surface area contributed by atoms with Crippen LogP contribution < -0.4 is 10.6 Å². The first-order valence-electron chi connectivity index (χ1n) is 6.18. The van der Waals surface area contributed by atoms with Crippen LogP contribution in [0, 0.1) is 0 Å². The lowest BCUT2D eigenvalue weighted by atomic mass is 10.1. The summed E-state index contributed by atoms with van der Waals surface area (Å²) in [5.41, 5.74) is 1.12. The summed E-state index contributed by atoms with van der Waals surface area (Å²) in [6.45, 7) is 0.779. The highest BCUT2D eigenvalue weighted by Crippen LogP contribution is 2.15. The maximum Gasteiger partial charge on any atom is 0.253 e. The quantitative estimate of drug-likeness (QED) is 0.650. The summed E-state index contributed by atoms with van der Waals surface area (Å²) in [5.74, 6) is -0.575. The van der Waals surface area contributed by atoms with E-state index in [2.05, 4.69) is 20.8 Å². The fraction of sp³-hybridized carbons (Fsp3) is 0.308. The summed E-state index contributed by atoms with van der Waals surface area (Å²) in [6, 6.07) is 5.30. The van der Waals surface area contributed by atoms with Gasteiger partial charge < -0.3 is 15.4 Å². The second-order valence-electron chi connectivity index (χ2n) is 4.17. The fourth-order valence-corrected chi connectivity index (χ4v) is 1.77. The number of aromatic nitrogens is 2. The average molecular weight is 276 g/mol. The summed E-state index contributed by atoms with van der Waals surface area (Å²) < 4.78 is 4.81. The van der Waals surface area contributed by atoms with Crippen molar-refractivity contribution in [3.05, 3.63) is 30.0 Å². The molecular weight excluding hydrogens is 260 g/mol. The lowest BCUT2D eigenvalue weighted by molar-refractivity contribution is -0.120. The van der Waals surface area contributed by atoms with E-state index >= 15 is 0 Å². The molecule has 3 N–H and O–H groups in total. The van der Waals surface area contributed by atoms with Crippen molar-refractivity contribution in [2.75, 3.05) is 26.8 Å². The number of hydrogen-bond donors (Lipinski definition) is 3. The molecule has 1 aromatic heterocycles. The zero-order valence-corrected chi connectivity index (χ0v) is 11.1. The molecule has 0 bridgehead atoms. The third kappa shape index (κ3) is 3.33. The molecular formula is C13H16N4O3. The third-order valence-corrected chi connectivity index (χ3v) is 2.76. The van der Waals surface area contributed by atoms with E-state index in [0.717, 1.165) is 5.39 Å². The van der Waals surface area contributed by atoms with Crippen molar-refractivity contribution in [2.45, 2.75) is 0 Å². The van der Waals surface area contributed by atoms with Crippen molar-refractivity contribution in [1.29, 1.82) is 0 Å². The maximum absolute atomic E-state index is 12.0. The zero-order valence-electron chi connectivity index (χ0n) is 11.1. The minimum absolute atomic E-state index is 0.0763. The Morgan fingerprint density at radius 2 is 2.20 bits per heavy atom. The van der Waals surface area contributed by atoms with Crippen LogP contribution >= 0.6 is 0 Å². The molecule has 20 heavy (non-hydrogen) atoms. The second kappa shape index (κ2) is 6.67. The summed E-state index contributed by atoms with van der Waals surface area (Å²) in [5, 5.41) is 12.7. The Morgan fingerprint density at radius 1 is 1.35 bits per heavy atom. The van der Waals surface area contributed by atoms with Crippen LogP contribution in [0.25, 0.3) is 10.9 Å². The van der Waals surface area contributed by atoms with Crippen LogP contribution in [0.1, 0.15) is 10.4 Å². The fourth-order valence-electron chi connectivity index (χ4n) is 1.77. The zero-order chi connectivity index (χ0) is 14.4. The number of amides is 2. The number of benzene rings is 1. The Balaban J connectivity index is 1.92. The SMILES string of the molecule is COCCNC(=O)CNC(=O)c1cccc2cn[nH]c12. The van der Waals surface area contributed by atoms with Gasteiger partial charge in [-0.2, -0.15) is 5.10 Å². The molecule has 7 heteroatoms. The highest BCUT2D eigenvalue weighted by molar-refractivity contribution is 6.06. The molecule has 2 aromatic rings. The molecule has 0 atom stereocenters. The molecule has 0 spiro atoms. The van der Waals surface area contributed by atoms with Gasteiger partial charge in [0.05, 0.1) is 30.4 Å². The summed E-state index contributed by atoms with van der Waals surface area (Å²) in [7, 11) is 1.55. The molecule has 0 aliphatic heterocycles. The van der Waals surface area contributed by atoms with Gasteiger partial charge in [-0.25, -0.2) is 0 Å². The first-order chi connectivity index (χ1) is 9.72. The molecule has 0 saturated heterocycles. The number of hydrogen-bond acceptors (Lipinski definition) is 4. The Morgan fingerprint density at radius 3 is 3.00 bits per heavy atom. The topological polar surface area (TPSA) is 96.1 Å². The standard InChI is InChI=1S/C13H16N4O3/c1-20-6-5-14-11(18)8-15-13(19)10-4-2-3-9-7-16-17-12(9)10/h2-4,7H,5-6,8H2,1H3,(H,14,18)(H,15,19)(H,16,17). The Hall–Kier alpha value is -2.41. The van der Waals surface area contributed by atoms with Crippen LogP contribution in [0.3, 0.4) is 0 Å². The maximum atomic E-state index is 12.0. The number of carbonyl (C=O) groups is 2. The lowest BCUT2D eigenvalue weighted by Gasteiger charge is -2.07. The predicted molar refractivity (Wildman–Crippen MR) is 73.3 cm³/mol. The van der Waals surface area contributed by atoms with Gasteiger partial charge in [0.15, 0.2) is 0 Å². The number of rotatable bonds is 6. The number of fused-ring (bicyclic) bond motifs is 1. The Labute approximate surface area is 115 Å². The summed E-state index contributed by atoms with van der Waals surface area (Å²) in [4.78, 5) is 23.5. The highest BCUT2D eigenvalue weighted by atomic mass is 16.5. The van der Waals surface area contributed by atoms with Crippen LogP contribution in [-0.2, 0) is 9.53 Å². The number of aromatic amines is 1. The van der Waals surface area contributed by atoms with E-state index in [1.807, 2.05) is 6.07 Å². The van der Waals surface area contributed by atoms with E-state index in [9.17, 15) is 9.59 Å². The molecule has 106 valence electrons. The van der Waals surface area contributed by atoms with Crippen LogP contribution in [0.4, 0.5) is 0 Å². The van der Waals surface area contributed by atoms with Gasteiger partial charge in [-0.1, -0.05) is 12.1 Å². The van der Waals surface area contributed by atoms with E-state index in [0.29, 0.717) is 24.2 Å². The van der Waals surface area contributed by atoms with E-state index in [-0.39, 0.29) is 18.4 Å². The molecule has 7 nitrogen and oxygen atoms in total. The van der Waals surface area contributed by atoms with Crippen molar-refractivity contribution < 1.29 is 14.3 Å². The molecule has 1 heterocycles. The molecule has 1 aromatic carbocycles. The molecule has 0 aliphatic carbocycles.